The zero-order valence-corrected chi connectivity index (χ0v) is 11.8. The first-order valence-electron chi connectivity index (χ1n) is 7.45. The molecule has 2 aromatic rings. The van der Waals surface area contributed by atoms with Crippen LogP contribution in [-0.2, 0) is 5.60 Å². The summed E-state index contributed by atoms with van der Waals surface area (Å²) in [5.74, 6) is 0. The van der Waals surface area contributed by atoms with E-state index in [1.165, 1.54) is 12.8 Å². The summed E-state index contributed by atoms with van der Waals surface area (Å²) in [6.07, 6.45) is 7.83. The van der Waals surface area contributed by atoms with E-state index in [1.807, 2.05) is 24.5 Å². The van der Waals surface area contributed by atoms with Gasteiger partial charge in [-0.3, -0.25) is 4.98 Å². The highest BCUT2D eigenvalue weighted by atomic mass is 16.3. The smallest absolute Gasteiger partial charge is 0.0947 e. The second-order valence-corrected chi connectivity index (χ2v) is 6.40. The molecule has 2 atom stereocenters. The molecule has 3 heterocycles. The Labute approximate surface area is 119 Å². The number of rotatable bonds is 1. The van der Waals surface area contributed by atoms with Gasteiger partial charge in [-0.15, -0.1) is 0 Å². The van der Waals surface area contributed by atoms with Crippen molar-refractivity contribution >= 4 is 10.8 Å². The largest absolute Gasteiger partial charge is 0.385 e. The predicted octanol–water partition coefficient (Wildman–Crippen LogP) is 2.68. The molecule has 4 rings (SSSR count). The van der Waals surface area contributed by atoms with Crippen LogP contribution in [-0.4, -0.2) is 34.1 Å². The maximum absolute atomic E-state index is 11.3. The maximum Gasteiger partial charge on any atom is 0.0947 e. The van der Waals surface area contributed by atoms with E-state index in [1.54, 1.807) is 0 Å². The van der Waals surface area contributed by atoms with Crippen molar-refractivity contribution in [1.29, 1.82) is 0 Å². The Balaban J connectivity index is 1.83. The van der Waals surface area contributed by atoms with Crippen molar-refractivity contribution in [3.05, 3.63) is 42.2 Å². The number of piperidine rings is 1. The number of nitrogens with zero attached hydrogens (tertiary/aromatic N) is 2. The molecule has 0 spiro atoms. The number of hydrogen-bond acceptors (Lipinski definition) is 3. The van der Waals surface area contributed by atoms with Gasteiger partial charge in [-0.2, -0.15) is 0 Å². The van der Waals surface area contributed by atoms with Crippen molar-refractivity contribution < 1.29 is 5.11 Å². The summed E-state index contributed by atoms with van der Waals surface area (Å²) < 4.78 is 0. The Kier molecular flexibility index (Phi) is 2.63. The van der Waals surface area contributed by atoms with Gasteiger partial charge >= 0.3 is 0 Å². The van der Waals surface area contributed by atoms with Gasteiger partial charge in [-0.05, 0) is 38.1 Å². The minimum Gasteiger partial charge on any atom is -0.385 e. The zero-order chi connectivity index (χ0) is 13.7. The van der Waals surface area contributed by atoms with Crippen LogP contribution in [0.1, 0.15) is 31.2 Å². The summed E-state index contributed by atoms with van der Waals surface area (Å²) in [4.78, 5) is 6.80. The lowest BCUT2D eigenvalue weighted by Crippen LogP contribution is -2.47. The van der Waals surface area contributed by atoms with Gasteiger partial charge in [0.15, 0.2) is 0 Å². The molecule has 2 aliphatic rings. The van der Waals surface area contributed by atoms with Crippen LogP contribution < -0.4 is 0 Å². The average Bonchev–Trinajstić information content (AvgIpc) is 2.70. The molecular weight excluding hydrogens is 248 g/mol. The van der Waals surface area contributed by atoms with Crippen molar-refractivity contribution in [3.63, 3.8) is 0 Å². The van der Waals surface area contributed by atoms with E-state index in [9.17, 15) is 5.11 Å². The van der Waals surface area contributed by atoms with Gasteiger partial charge < -0.3 is 10.0 Å². The molecule has 2 fully saturated rings. The van der Waals surface area contributed by atoms with Crippen molar-refractivity contribution in [2.45, 2.75) is 43.4 Å². The van der Waals surface area contributed by atoms with Crippen molar-refractivity contribution in [3.8, 4) is 0 Å². The van der Waals surface area contributed by atoms with Gasteiger partial charge in [-0.1, -0.05) is 24.3 Å². The minimum atomic E-state index is -0.716. The predicted molar refractivity (Wildman–Crippen MR) is 79.4 cm³/mol. The second kappa shape index (κ2) is 4.27. The van der Waals surface area contributed by atoms with Crippen LogP contribution in [0.25, 0.3) is 10.8 Å². The quantitative estimate of drug-likeness (QED) is 0.864. The Bertz CT molecular complexity index is 635. The number of pyridine rings is 1. The maximum atomic E-state index is 11.3. The molecule has 104 valence electrons. The van der Waals surface area contributed by atoms with Crippen LogP contribution in [0.4, 0.5) is 0 Å². The molecule has 1 aromatic carbocycles. The Morgan fingerprint density at radius 1 is 1.15 bits per heavy atom. The summed E-state index contributed by atoms with van der Waals surface area (Å²) in [5, 5.41) is 13.5. The summed E-state index contributed by atoms with van der Waals surface area (Å²) in [6, 6.07) is 9.26. The molecule has 1 N–H and O–H groups in total. The third-order valence-corrected chi connectivity index (χ3v) is 5.30. The van der Waals surface area contributed by atoms with Crippen molar-refractivity contribution in [1.82, 2.24) is 9.88 Å². The van der Waals surface area contributed by atoms with E-state index in [0.29, 0.717) is 12.1 Å². The summed E-state index contributed by atoms with van der Waals surface area (Å²) in [6.45, 7) is 0. The van der Waals surface area contributed by atoms with Crippen LogP contribution in [0.15, 0.2) is 36.7 Å². The minimum absolute atomic E-state index is 0.512. The van der Waals surface area contributed by atoms with Gasteiger partial charge in [0.05, 0.1) is 5.60 Å². The van der Waals surface area contributed by atoms with Crippen LogP contribution in [0, 0.1) is 0 Å². The summed E-state index contributed by atoms with van der Waals surface area (Å²) >= 11 is 0. The molecule has 3 nitrogen and oxygen atoms in total. The monoisotopic (exact) mass is 268 g/mol. The van der Waals surface area contributed by atoms with Crippen LogP contribution >= 0.6 is 0 Å². The van der Waals surface area contributed by atoms with Gasteiger partial charge in [0, 0.05) is 35.4 Å². The zero-order valence-electron chi connectivity index (χ0n) is 11.8. The fourth-order valence-electron chi connectivity index (χ4n) is 4.15. The molecular formula is C17H20N2O. The lowest BCUT2D eigenvalue weighted by molar-refractivity contribution is -0.0484. The van der Waals surface area contributed by atoms with E-state index in [4.69, 9.17) is 0 Å². The molecule has 0 aliphatic carbocycles. The first-order valence-corrected chi connectivity index (χ1v) is 7.45. The van der Waals surface area contributed by atoms with Gasteiger partial charge in [-0.25, -0.2) is 0 Å². The molecule has 20 heavy (non-hydrogen) atoms. The lowest BCUT2D eigenvalue weighted by Gasteiger charge is -2.42. The molecule has 2 unspecified atom stereocenters. The molecule has 0 saturated carbocycles. The number of aliphatic hydroxyl groups is 1. The van der Waals surface area contributed by atoms with Crippen LogP contribution in [0.3, 0.4) is 0 Å². The molecule has 2 bridgehead atoms. The SMILES string of the molecule is CN1C2CCC1CC(O)(c1cncc3ccccc13)C2. The lowest BCUT2D eigenvalue weighted by atomic mass is 9.79. The number of benzene rings is 1. The third-order valence-electron chi connectivity index (χ3n) is 5.30. The first kappa shape index (κ1) is 12.3. The molecule has 2 saturated heterocycles. The first-order chi connectivity index (χ1) is 9.67. The molecule has 1 aromatic heterocycles. The van der Waals surface area contributed by atoms with E-state index < -0.39 is 5.60 Å². The van der Waals surface area contributed by atoms with Gasteiger partial charge in [0.2, 0.25) is 0 Å². The number of hydrogen-bond donors (Lipinski definition) is 1. The van der Waals surface area contributed by atoms with Crippen molar-refractivity contribution in [2.24, 2.45) is 0 Å². The summed E-state index contributed by atoms with van der Waals surface area (Å²) in [7, 11) is 2.20. The van der Waals surface area contributed by atoms with Crippen LogP contribution in [0.5, 0.6) is 0 Å². The fraction of sp³-hybridized carbons (Fsp3) is 0.471. The topological polar surface area (TPSA) is 36.4 Å². The van der Waals surface area contributed by atoms with E-state index in [2.05, 4.69) is 29.1 Å². The third kappa shape index (κ3) is 1.70. The van der Waals surface area contributed by atoms with Gasteiger partial charge in [0.1, 0.15) is 0 Å². The average molecular weight is 268 g/mol. The fourth-order valence-corrected chi connectivity index (χ4v) is 4.15. The number of fused-ring (bicyclic) bond motifs is 3. The number of aromatic nitrogens is 1. The molecule has 2 aliphatic heterocycles. The Hall–Kier alpha value is -1.45. The standard InChI is InChI=1S/C17H20N2O/c1-19-13-6-7-14(19)9-17(20,8-13)16-11-18-10-12-4-2-3-5-15(12)16/h2-5,10-11,13-14,20H,6-9H2,1H3. The van der Waals surface area contributed by atoms with E-state index in [-0.39, 0.29) is 0 Å². The Morgan fingerprint density at radius 3 is 2.60 bits per heavy atom. The highest BCUT2D eigenvalue weighted by Crippen LogP contribution is 2.46. The van der Waals surface area contributed by atoms with Crippen molar-refractivity contribution in [2.75, 3.05) is 7.05 Å². The van der Waals surface area contributed by atoms with E-state index in [0.717, 1.165) is 29.2 Å². The Morgan fingerprint density at radius 2 is 1.85 bits per heavy atom. The van der Waals surface area contributed by atoms with E-state index >= 15 is 0 Å². The highest BCUT2D eigenvalue weighted by Gasteiger charge is 2.47. The molecule has 3 heteroatoms. The molecule has 0 amide bonds. The second-order valence-electron chi connectivity index (χ2n) is 6.40. The summed E-state index contributed by atoms with van der Waals surface area (Å²) in [5.41, 5.74) is 0.298. The van der Waals surface area contributed by atoms with Crippen LogP contribution in [0.2, 0.25) is 0 Å². The highest BCUT2D eigenvalue weighted by molar-refractivity contribution is 5.85. The van der Waals surface area contributed by atoms with Gasteiger partial charge in [0.25, 0.3) is 0 Å². The normalized spacial score (nSPS) is 33.7. The molecule has 0 radical (unpaired) electrons.